The van der Waals surface area contributed by atoms with Crippen LogP contribution in [-0.4, -0.2) is 48.6 Å². The summed E-state index contributed by atoms with van der Waals surface area (Å²) in [7, 11) is -3.02. The van der Waals surface area contributed by atoms with Crippen LogP contribution in [0.5, 0.6) is 0 Å². The molecule has 1 aliphatic heterocycles. The van der Waals surface area contributed by atoms with Crippen LogP contribution in [-0.2, 0) is 9.84 Å². The number of hydrogen-bond donors (Lipinski definition) is 2. The van der Waals surface area contributed by atoms with Crippen LogP contribution in [0.2, 0.25) is 0 Å². The van der Waals surface area contributed by atoms with E-state index in [4.69, 9.17) is 5.11 Å². The number of amides is 1. The number of hydrogen-bond acceptors (Lipinski definition) is 5. The van der Waals surface area contributed by atoms with Gasteiger partial charge in [-0.25, -0.2) is 13.4 Å². The molecule has 1 aromatic heterocycles. The van der Waals surface area contributed by atoms with Crippen LogP contribution >= 0.6 is 0 Å². The van der Waals surface area contributed by atoms with E-state index < -0.39 is 15.7 Å². The van der Waals surface area contributed by atoms with Crippen molar-refractivity contribution in [2.45, 2.75) is 12.5 Å². The first-order valence-corrected chi connectivity index (χ1v) is 7.89. The number of rotatable bonds is 2. The van der Waals surface area contributed by atoms with Crippen molar-refractivity contribution in [1.82, 2.24) is 10.3 Å². The second-order valence-electron chi connectivity index (χ2n) is 4.47. The van der Waals surface area contributed by atoms with Gasteiger partial charge < -0.3 is 10.4 Å². The SMILES string of the molecule is O=C(NC1CCS(=O)(=O)C1)c1ccc(C#CCO)cn1. The van der Waals surface area contributed by atoms with Crippen LogP contribution in [0.25, 0.3) is 0 Å². The van der Waals surface area contributed by atoms with Crippen molar-refractivity contribution in [3.05, 3.63) is 29.6 Å². The van der Waals surface area contributed by atoms with E-state index in [1.165, 1.54) is 12.3 Å². The maximum absolute atomic E-state index is 11.9. The third-order valence-corrected chi connectivity index (χ3v) is 4.64. The predicted molar refractivity (Wildman–Crippen MR) is 72.7 cm³/mol. The average Bonchev–Trinajstić information content (AvgIpc) is 2.76. The first kappa shape index (κ1) is 14.5. The highest BCUT2D eigenvalue weighted by Crippen LogP contribution is 2.11. The number of aromatic nitrogens is 1. The number of pyridine rings is 1. The van der Waals surface area contributed by atoms with Gasteiger partial charge in [-0.05, 0) is 18.6 Å². The van der Waals surface area contributed by atoms with Gasteiger partial charge in [-0.2, -0.15) is 0 Å². The van der Waals surface area contributed by atoms with Crippen molar-refractivity contribution in [1.29, 1.82) is 0 Å². The van der Waals surface area contributed by atoms with Gasteiger partial charge in [-0.3, -0.25) is 4.79 Å². The summed E-state index contributed by atoms with van der Waals surface area (Å²) in [5.74, 6) is 4.85. The zero-order chi connectivity index (χ0) is 14.6. The Labute approximate surface area is 117 Å². The summed E-state index contributed by atoms with van der Waals surface area (Å²) in [5.41, 5.74) is 0.808. The van der Waals surface area contributed by atoms with Crippen molar-refractivity contribution >= 4 is 15.7 Å². The number of nitrogens with zero attached hydrogens (tertiary/aromatic N) is 1. The molecule has 1 atom stereocenters. The van der Waals surface area contributed by atoms with E-state index >= 15 is 0 Å². The third-order valence-electron chi connectivity index (χ3n) is 2.88. The first-order chi connectivity index (χ1) is 9.50. The number of carbonyl (C=O) groups is 1. The van der Waals surface area contributed by atoms with Gasteiger partial charge in [0.15, 0.2) is 9.84 Å². The van der Waals surface area contributed by atoms with Gasteiger partial charge in [-0.15, -0.1) is 0 Å². The fraction of sp³-hybridized carbons (Fsp3) is 0.385. The Morgan fingerprint density at radius 1 is 1.50 bits per heavy atom. The van der Waals surface area contributed by atoms with Crippen molar-refractivity contribution < 1.29 is 18.3 Å². The third kappa shape index (κ3) is 3.79. The molecule has 2 rings (SSSR count). The maximum atomic E-state index is 11.9. The minimum atomic E-state index is -3.02. The largest absolute Gasteiger partial charge is 0.384 e. The zero-order valence-electron chi connectivity index (χ0n) is 10.7. The van der Waals surface area contributed by atoms with Crippen LogP contribution in [0.4, 0.5) is 0 Å². The van der Waals surface area contributed by atoms with Crippen LogP contribution in [0.3, 0.4) is 0 Å². The van der Waals surface area contributed by atoms with Gasteiger partial charge in [0.2, 0.25) is 0 Å². The lowest BCUT2D eigenvalue weighted by Crippen LogP contribution is -2.36. The number of sulfone groups is 1. The zero-order valence-corrected chi connectivity index (χ0v) is 11.5. The Morgan fingerprint density at radius 2 is 2.30 bits per heavy atom. The van der Waals surface area contributed by atoms with Crippen molar-refractivity contribution in [2.75, 3.05) is 18.1 Å². The standard InChI is InChI=1S/C13H14N2O4S/c16-6-1-2-10-3-4-12(14-8-10)13(17)15-11-5-7-20(18,19)9-11/h3-4,8,11,16H,5-7,9H2,(H,15,17). The smallest absolute Gasteiger partial charge is 0.270 e. The first-order valence-electron chi connectivity index (χ1n) is 6.07. The highest BCUT2D eigenvalue weighted by molar-refractivity contribution is 7.91. The highest BCUT2D eigenvalue weighted by atomic mass is 32.2. The molecule has 6 nitrogen and oxygen atoms in total. The molecule has 1 aliphatic rings. The molecule has 1 unspecified atom stereocenters. The molecule has 2 heterocycles. The van der Waals surface area contributed by atoms with Crippen molar-refractivity contribution in [3.63, 3.8) is 0 Å². The van der Waals surface area contributed by atoms with E-state index in [0.29, 0.717) is 12.0 Å². The van der Waals surface area contributed by atoms with Crippen LogP contribution in [0.1, 0.15) is 22.5 Å². The number of carbonyl (C=O) groups excluding carboxylic acids is 1. The predicted octanol–water partition coefficient (Wildman–Crippen LogP) is -0.658. The van der Waals surface area contributed by atoms with Crippen LogP contribution in [0, 0.1) is 11.8 Å². The summed E-state index contributed by atoms with van der Waals surface area (Å²) in [6.45, 7) is -0.238. The van der Waals surface area contributed by atoms with Crippen molar-refractivity contribution in [3.8, 4) is 11.8 Å². The monoisotopic (exact) mass is 294 g/mol. The fourth-order valence-electron chi connectivity index (χ4n) is 1.91. The summed E-state index contributed by atoms with van der Waals surface area (Å²) < 4.78 is 22.6. The summed E-state index contributed by atoms with van der Waals surface area (Å²) in [6, 6.07) is 2.79. The molecule has 0 saturated carbocycles. The van der Waals surface area contributed by atoms with Crippen molar-refractivity contribution in [2.24, 2.45) is 0 Å². The molecule has 1 fully saturated rings. The van der Waals surface area contributed by atoms with E-state index in [2.05, 4.69) is 22.1 Å². The minimum absolute atomic E-state index is 0.0151. The number of aliphatic hydroxyl groups is 1. The van der Waals surface area contributed by atoms with Gasteiger partial charge in [0.1, 0.15) is 12.3 Å². The Morgan fingerprint density at radius 3 is 2.85 bits per heavy atom. The lowest BCUT2D eigenvalue weighted by Gasteiger charge is -2.09. The summed E-state index contributed by atoms with van der Waals surface area (Å²) in [4.78, 5) is 15.9. The molecular formula is C13H14N2O4S. The number of nitrogens with one attached hydrogen (secondary N) is 1. The van der Waals surface area contributed by atoms with E-state index in [1.54, 1.807) is 6.07 Å². The van der Waals surface area contributed by atoms with E-state index in [9.17, 15) is 13.2 Å². The van der Waals surface area contributed by atoms with E-state index in [0.717, 1.165) is 0 Å². The molecule has 106 valence electrons. The van der Waals surface area contributed by atoms with Gasteiger partial charge in [0.05, 0.1) is 11.5 Å². The molecule has 2 N–H and O–H groups in total. The minimum Gasteiger partial charge on any atom is -0.384 e. The molecule has 0 aromatic carbocycles. The second-order valence-corrected chi connectivity index (χ2v) is 6.69. The fourth-order valence-corrected chi connectivity index (χ4v) is 3.59. The lowest BCUT2D eigenvalue weighted by molar-refractivity contribution is 0.0936. The average molecular weight is 294 g/mol. The Balaban J connectivity index is 1.99. The molecule has 20 heavy (non-hydrogen) atoms. The molecule has 0 bridgehead atoms. The van der Waals surface area contributed by atoms with E-state index in [-0.39, 0.29) is 29.8 Å². The van der Waals surface area contributed by atoms with Gasteiger partial charge >= 0.3 is 0 Å². The molecule has 0 radical (unpaired) electrons. The summed E-state index contributed by atoms with van der Waals surface area (Å²) in [6.07, 6.45) is 1.87. The molecule has 1 saturated heterocycles. The van der Waals surface area contributed by atoms with Crippen LogP contribution in [0.15, 0.2) is 18.3 Å². The second kappa shape index (κ2) is 6.03. The maximum Gasteiger partial charge on any atom is 0.270 e. The normalized spacial score (nSPS) is 19.9. The molecule has 1 aromatic rings. The Bertz CT molecular complexity index is 656. The summed E-state index contributed by atoms with van der Waals surface area (Å²) in [5, 5.41) is 11.2. The Hall–Kier alpha value is -1.91. The molecular weight excluding hydrogens is 280 g/mol. The van der Waals surface area contributed by atoms with Crippen LogP contribution < -0.4 is 5.32 Å². The number of aliphatic hydroxyl groups excluding tert-OH is 1. The van der Waals surface area contributed by atoms with Gasteiger partial charge in [0, 0.05) is 17.8 Å². The van der Waals surface area contributed by atoms with Gasteiger partial charge in [-0.1, -0.05) is 11.8 Å². The molecule has 1 amide bonds. The van der Waals surface area contributed by atoms with E-state index in [1.807, 2.05) is 0 Å². The Kier molecular flexibility index (Phi) is 4.37. The highest BCUT2D eigenvalue weighted by Gasteiger charge is 2.29. The quantitative estimate of drug-likeness (QED) is 0.706. The molecule has 0 spiro atoms. The van der Waals surface area contributed by atoms with Gasteiger partial charge in [0.25, 0.3) is 5.91 Å². The molecule has 0 aliphatic carbocycles. The topological polar surface area (TPSA) is 96.4 Å². The molecule has 7 heteroatoms. The lowest BCUT2D eigenvalue weighted by atomic mass is 10.2. The summed E-state index contributed by atoms with van der Waals surface area (Å²) >= 11 is 0.